The molecule has 0 saturated heterocycles. The first-order valence-corrected chi connectivity index (χ1v) is 7.71. The van der Waals surface area contributed by atoms with Crippen molar-refractivity contribution in [3.05, 3.63) is 75.8 Å². The maximum atomic E-state index is 12.7. The van der Waals surface area contributed by atoms with Crippen molar-refractivity contribution in [3.8, 4) is 0 Å². The third kappa shape index (κ3) is 3.94. The second kappa shape index (κ2) is 6.60. The Kier molecular flexibility index (Phi) is 4.37. The Bertz CT molecular complexity index is 694. The van der Waals surface area contributed by atoms with Crippen molar-refractivity contribution in [3.63, 3.8) is 0 Å². The number of carbonyl (C=O) groups is 1. The van der Waals surface area contributed by atoms with E-state index in [1.807, 2.05) is 35.2 Å². The molecule has 1 amide bonds. The van der Waals surface area contributed by atoms with Crippen LogP contribution in [-0.2, 0) is 6.54 Å². The lowest BCUT2D eigenvalue weighted by molar-refractivity contribution is -0.384. The lowest BCUT2D eigenvalue weighted by Gasteiger charge is -2.23. The Hall–Kier alpha value is -2.69. The predicted octanol–water partition coefficient (Wildman–Crippen LogP) is 3.65. The van der Waals surface area contributed by atoms with E-state index in [2.05, 4.69) is 0 Å². The second-order valence-electron chi connectivity index (χ2n) is 5.92. The Morgan fingerprint density at radius 1 is 1.09 bits per heavy atom. The molecular weight excluding hydrogens is 292 g/mol. The lowest BCUT2D eigenvalue weighted by atomic mass is 10.1. The van der Waals surface area contributed by atoms with Crippen molar-refractivity contribution < 1.29 is 9.72 Å². The first-order valence-electron chi connectivity index (χ1n) is 7.71. The van der Waals surface area contributed by atoms with Crippen molar-refractivity contribution in [2.75, 3.05) is 6.54 Å². The molecule has 1 aliphatic carbocycles. The third-order valence-electron chi connectivity index (χ3n) is 4.00. The average molecular weight is 310 g/mol. The highest BCUT2D eigenvalue weighted by molar-refractivity contribution is 5.94. The summed E-state index contributed by atoms with van der Waals surface area (Å²) in [6.45, 7) is 1.30. The highest BCUT2D eigenvalue weighted by Crippen LogP contribution is 2.30. The molecule has 23 heavy (non-hydrogen) atoms. The Morgan fingerprint density at radius 3 is 2.30 bits per heavy atom. The van der Waals surface area contributed by atoms with Crippen LogP contribution in [0.4, 0.5) is 5.69 Å². The van der Waals surface area contributed by atoms with Crippen LogP contribution in [0.3, 0.4) is 0 Å². The van der Waals surface area contributed by atoms with Gasteiger partial charge in [0.25, 0.3) is 11.6 Å². The largest absolute Gasteiger partial charge is 0.334 e. The summed E-state index contributed by atoms with van der Waals surface area (Å²) < 4.78 is 0. The molecule has 118 valence electrons. The van der Waals surface area contributed by atoms with E-state index in [0.717, 1.165) is 12.1 Å². The SMILES string of the molecule is O=C(c1ccc([N+](=O)[O-])cc1)N(Cc1ccccc1)CC1CC1. The number of nitro benzene ring substituents is 1. The lowest BCUT2D eigenvalue weighted by Crippen LogP contribution is -2.32. The van der Waals surface area contributed by atoms with Gasteiger partial charge in [0, 0.05) is 30.8 Å². The van der Waals surface area contributed by atoms with Crippen LogP contribution in [0.15, 0.2) is 54.6 Å². The van der Waals surface area contributed by atoms with E-state index in [-0.39, 0.29) is 11.6 Å². The summed E-state index contributed by atoms with van der Waals surface area (Å²) in [6, 6.07) is 15.7. The fraction of sp³-hybridized carbons (Fsp3) is 0.278. The van der Waals surface area contributed by atoms with Crippen LogP contribution >= 0.6 is 0 Å². The normalized spacial score (nSPS) is 13.6. The smallest absolute Gasteiger partial charge is 0.269 e. The van der Waals surface area contributed by atoms with Gasteiger partial charge in [0.05, 0.1) is 4.92 Å². The molecule has 0 unspecified atom stereocenters. The van der Waals surface area contributed by atoms with E-state index in [4.69, 9.17) is 0 Å². The summed E-state index contributed by atoms with van der Waals surface area (Å²) in [5.41, 5.74) is 1.58. The highest BCUT2D eigenvalue weighted by atomic mass is 16.6. The summed E-state index contributed by atoms with van der Waals surface area (Å²) in [7, 11) is 0. The molecule has 2 aromatic carbocycles. The number of amides is 1. The summed E-state index contributed by atoms with van der Waals surface area (Å²) >= 11 is 0. The Labute approximate surface area is 134 Å². The average Bonchev–Trinajstić information content (AvgIpc) is 3.39. The van der Waals surface area contributed by atoms with Crippen molar-refractivity contribution >= 4 is 11.6 Å². The van der Waals surface area contributed by atoms with Gasteiger partial charge in [0.15, 0.2) is 0 Å². The molecule has 0 heterocycles. The van der Waals surface area contributed by atoms with Crippen molar-refractivity contribution in [2.45, 2.75) is 19.4 Å². The van der Waals surface area contributed by atoms with Gasteiger partial charge in [-0.15, -0.1) is 0 Å². The molecule has 0 aliphatic heterocycles. The molecule has 0 spiro atoms. The molecule has 5 nitrogen and oxygen atoms in total. The van der Waals surface area contributed by atoms with Crippen LogP contribution in [-0.4, -0.2) is 22.3 Å². The maximum absolute atomic E-state index is 12.7. The van der Waals surface area contributed by atoms with Gasteiger partial charge in [0.1, 0.15) is 0 Å². The van der Waals surface area contributed by atoms with Gasteiger partial charge in [-0.25, -0.2) is 0 Å². The van der Waals surface area contributed by atoms with Crippen LogP contribution in [0.1, 0.15) is 28.8 Å². The number of hydrogen-bond acceptors (Lipinski definition) is 3. The molecule has 1 saturated carbocycles. The van der Waals surface area contributed by atoms with Crippen molar-refractivity contribution in [2.24, 2.45) is 5.92 Å². The zero-order chi connectivity index (χ0) is 16.2. The van der Waals surface area contributed by atoms with Crippen molar-refractivity contribution in [1.29, 1.82) is 0 Å². The van der Waals surface area contributed by atoms with E-state index in [1.54, 1.807) is 0 Å². The quantitative estimate of drug-likeness (QED) is 0.604. The van der Waals surface area contributed by atoms with Crippen molar-refractivity contribution in [1.82, 2.24) is 4.90 Å². The third-order valence-corrected chi connectivity index (χ3v) is 4.00. The number of benzene rings is 2. The van der Waals surface area contributed by atoms with Gasteiger partial charge in [0.2, 0.25) is 0 Å². The first-order chi connectivity index (χ1) is 11.1. The fourth-order valence-corrected chi connectivity index (χ4v) is 2.54. The molecule has 5 heteroatoms. The molecule has 0 aromatic heterocycles. The van der Waals surface area contributed by atoms with Gasteiger partial charge in [-0.1, -0.05) is 30.3 Å². The van der Waals surface area contributed by atoms with Gasteiger partial charge in [-0.2, -0.15) is 0 Å². The second-order valence-corrected chi connectivity index (χ2v) is 5.92. The van der Waals surface area contributed by atoms with Crippen LogP contribution in [0, 0.1) is 16.0 Å². The topological polar surface area (TPSA) is 63.4 Å². The fourth-order valence-electron chi connectivity index (χ4n) is 2.54. The zero-order valence-electron chi connectivity index (χ0n) is 12.7. The number of carbonyl (C=O) groups excluding carboxylic acids is 1. The van der Waals surface area contributed by atoms with E-state index >= 15 is 0 Å². The van der Waals surface area contributed by atoms with Gasteiger partial charge >= 0.3 is 0 Å². The molecule has 0 radical (unpaired) electrons. The number of nitrogens with zero attached hydrogens (tertiary/aromatic N) is 2. The highest BCUT2D eigenvalue weighted by Gasteiger charge is 2.27. The first kappa shape index (κ1) is 15.2. The zero-order valence-corrected chi connectivity index (χ0v) is 12.7. The van der Waals surface area contributed by atoms with E-state index in [0.29, 0.717) is 18.0 Å². The van der Waals surface area contributed by atoms with E-state index in [9.17, 15) is 14.9 Å². The maximum Gasteiger partial charge on any atom is 0.269 e. The number of non-ortho nitro benzene ring substituents is 1. The summed E-state index contributed by atoms with van der Waals surface area (Å²) in [5, 5.41) is 10.7. The standard InChI is InChI=1S/C18H18N2O3/c21-18(16-8-10-17(11-9-16)20(22)23)19(13-15-6-7-15)12-14-4-2-1-3-5-14/h1-5,8-11,15H,6-7,12-13H2. The van der Waals surface area contributed by atoms with E-state index in [1.165, 1.54) is 37.1 Å². The van der Waals surface area contributed by atoms with Crippen LogP contribution < -0.4 is 0 Å². The van der Waals surface area contributed by atoms with Gasteiger partial charge in [-0.05, 0) is 36.5 Å². The number of hydrogen-bond donors (Lipinski definition) is 0. The minimum atomic E-state index is -0.458. The summed E-state index contributed by atoms with van der Waals surface area (Å²) in [5.74, 6) is 0.511. The summed E-state index contributed by atoms with van der Waals surface area (Å²) in [4.78, 5) is 24.9. The molecule has 1 aliphatic rings. The Balaban J connectivity index is 1.77. The van der Waals surface area contributed by atoms with Crippen LogP contribution in [0.2, 0.25) is 0 Å². The minimum absolute atomic E-state index is 0.00153. The van der Waals surface area contributed by atoms with Gasteiger partial charge < -0.3 is 4.90 Å². The van der Waals surface area contributed by atoms with Crippen LogP contribution in [0.5, 0.6) is 0 Å². The molecular formula is C18H18N2O3. The minimum Gasteiger partial charge on any atom is -0.334 e. The summed E-state index contributed by atoms with van der Waals surface area (Å²) in [6.07, 6.45) is 2.33. The predicted molar refractivity (Wildman–Crippen MR) is 87.0 cm³/mol. The molecule has 0 bridgehead atoms. The monoisotopic (exact) mass is 310 g/mol. The molecule has 1 fully saturated rings. The molecule has 2 aromatic rings. The molecule has 3 rings (SSSR count). The molecule has 0 N–H and O–H groups in total. The van der Waals surface area contributed by atoms with E-state index < -0.39 is 4.92 Å². The Morgan fingerprint density at radius 2 is 1.74 bits per heavy atom. The molecule has 0 atom stereocenters. The van der Waals surface area contributed by atoms with Crippen LogP contribution in [0.25, 0.3) is 0 Å². The number of rotatable bonds is 6. The van der Waals surface area contributed by atoms with Gasteiger partial charge in [-0.3, -0.25) is 14.9 Å². The number of nitro groups is 1.